The van der Waals surface area contributed by atoms with E-state index in [1.807, 2.05) is 37.3 Å². The molecule has 0 fully saturated rings. The van der Waals surface area contributed by atoms with Gasteiger partial charge in [-0.05, 0) is 32.4 Å². The SMILES string of the molecule is Cc1cccc(C=C(C#N)C(=O)OC(C)C)c1. The van der Waals surface area contributed by atoms with Crippen LogP contribution in [-0.4, -0.2) is 12.1 Å². The number of aryl methyl sites for hydroxylation is 1. The fraction of sp³-hybridized carbons (Fsp3) is 0.286. The van der Waals surface area contributed by atoms with Crippen LogP contribution in [0.15, 0.2) is 29.8 Å². The molecule has 3 nitrogen and oxygen atoms in total. The van der Waals surface area contributed by atoms with Gasteiger partial charge in [0.15, 0.2) is 0 Å². The van der Waals surface area contributed by atoms with Gasteiger partial charge in [0.1, 0.15) is 11.6 Å². The first-order valence-electron chi connectivity index (χ1n) is 5.42. The lowest BCUT2D eigenvalue weighted by Gasteiger charge is -2.06. The standard InChI is InChI=1S/C14H15NO2/c1-10(2)17-14(16)13(9-15)8-12-6-4-5-11(3)7-12/h4-8,10H,1-3H3. The number of nitrogens with zero attached hydrogens (tertiary/aromatic N) is 1. The van der Waals surface area contributed by atoms with Gasteiger partial charge in [-0.2, -0.15) is 5.26 Å². The van der Waals surface area contributed by atoms with Crippen LogP contribution in [0.5, 0.6) is 0 Å². The number of hydrogen-bond donors (Lipinski definition) is 0. The highest BCUT2D eigenvalue weighted by Crippen LogP contribution is 2.10. The van der Waals surface area contributed by atoms with Crippen molar-refractivity contribution >= 4 is 12.0 Å². The van der Waals surface area contributed by atoms with Gasteiger partial charge in [0.05, 0.1) is 6.10 Å². The van der Waals surface area contributed by atoms with Gasteiger partial charge in [-0.25, -0.2) is 4.79 Å². The number of esters is 1. The lowest BCUT2D eigenvalue weighted by molar-refractivity contribution is -0.142. The number of carbonyl (C=O) groups excluding carboxylic acids is 1. The van der Waals surface area contributed by atoms with Crippen LogP contribution in [0, 0.1) is 18.3 Å². The first-order chi connectivity index (χ1) is 8.02. The maximum absolute atomic E-state index is 11.6. The normalized spacial score (nSPS) is 11.1. The molecule has 0 bridgehead atoms. The number of rotatable bonds is 3. The van der Waals surface area contributed by atoms with E-state index >= 15 is 0 Å². The molecule has 0 spiro atoms. The molecule has 0 heterocycles. The van der Waals surface area contributed by atoms with Crippen LogP contribution in [-0.2, 0) is 9.53 Å². The minimum atomic E-state index is -0.580. The van der Waals surface area contributed by atoms with E-state index in [1.54, 1.807) is 13.8 Å². The fourth-order valence-corrected chi connectivity index (χ4v) is 1.34. The lowest BCUT2D eigenvalue weighted by Crippen LogP contribution is -2.12. The minimum Gasteiger partial charge on any atom is -0.459 e. The molecule has 3 heteroatoms. The third-order valence-electron chi connectivity index (χ3n) is 2.04. The van der Waals surface area contributed by atoms with E-state index in [2.05, 4.69) is 0 Å². The summed E-state index contributed by atoms with van der Waals surface area (Å²) in [6, 6.07) is 9.44. The molecule has 0 aliphatic heterocycles. The molecule has 1 aromatic carbocycles. The quantitative estimate of drug-likeness (QED) is 0.455. The van der Waals surface area contributed by atoms with E-state index < -0.39 is 5.97 Å². The zero-order chi connectivity index (χ0) is 12.8. The van der Waals surface area contributed by atoms with Gasteiger partial charge in [-0.1, -0.05) is 29.8 Å². The Bertz CT molecular complexity index is 481. The van der Waals surface area contributed by atoms with Gasteiger partial charge in [0.25, 0.3) is 0 Å². The van der Waals surface area contributed by atoms with Crippen LogP contribution >= 0.6 is 0 Å². The van der Waals surface area contributed by atoms with Crippen LogP contribution < -0.4 is 0 Å². The Morgan fingerprint density at radius 2 is 2.18 bits per heavy atom. The van der Waals surface area contributed by atoms with Crippen molar-refractivity contribution in [1.82, 2.24) is 0 Å². The monoisotopic (exact) mass is 229 g/mol. The summed E-state index contributed by atoms with van der Waals surface area (Å²) in [5.41, 5.74) is 1.92. The highest BCUT2D eigenvalue weighted by Gasteiger charge is 2.12. The van der Waals surface area contributed by atoms with Gasteiger partial charge < -0.3 is 4.74 Å². The topological polar surface area (TPSA) is 50.1 Å². The number of carbonyl (C=O) groups is 1. The number of benzene rings is 1. The summed E-state index contributed by atoms with van der Waals surface area (Å²) in [5, 5.41) is 8.92. The molecular weight excluding hydrogens is 214 g/mol. The van der Waals surface area contributed by atoms with Crippen molar-refractivity contribution < 1.29 is 9.53 Å². The first-order valence-corrected chi connectivity index (χ1v) is 5.42. The maximum atomic E-state index is 11.6. The summed E-state index contributed by atoms with van der Waals surface area (Å²) < 4.78 is 4.98. The molecule has 0 atom stereocenters. The Balaban J connectivity index is 2.95. The maximum Gasteiger partial charge on any atom is 0.349 e. The van der Waals surface area contributed by atoms with Gasteiger partial charge in [0, 0.05) is 0 Å². The summed E-state index contributed by atoms with van der Waals surface area (Å²) in [6.45, 7) is 5.45. The third-order valence-corrected chi connectivity index (χ3v) is 2.04. The van der Waals surface area contributed by atoms with Crippen molar-refractivity contribution in [3.63, 3.8) is 0 Å². The molecule has 17 heavy (non-hydrogen) atoms. The summed E-state index contributed by atoms with van der Waals surface area (Å²) >= 11 is 0. The van der Waals surface area contributed by atoms with Crippen LogP contribution in [0.2, 0.25) is 0 Å². The van der Waals surface area contributed by atoms with Crippen LogP contribution in [0.3, 0.4) is 0 Å². The Morgan fingerprint density at radius 3 is 2.71 bits per heavy atom. The molecular formula is C14H15NO2. The second-order valence-corrected chi connectivity index (χ2v) is 4.04. The van der Waals surface area contributed by atoms with E-state index in [1.165, 1.54) is 6.08 Å². The smallest absolute Gasteiger partial charge is 0.349 e. The molecule has 0 saturated heterocycles. The van der Waals surface area contributed by atoms with Crippen molar-refractivity contribution in [2.75, 3.05) is 0 Å². The molecule has 0 aliphatic carbocycles. The van der Waals surface area contributed by atoms with E-state index in [9.17, 15) is 4.79 Å². The van der Waals surface area contributed by atoms with Crippen molar-refractivity contribution in [3.8, 4) is 6.07 Å². The van der Waals surface area contributed by atoms with Crippen molar-refractivity contribution in [2.24, 2.45) is 0 Å². The zero-order valence-electron chi connectivity index (χ0n) is 10.2. The predicted molar refractivity (Wildman–Crippen MR) is 66.0 cm³/mol. The molecule has 0 radical (unpaired) electrons. The average Bonchev–Trinajstić information content (AvgIpc) is 2.24. The Morgan fingerprint density at radius 1 is 1.47 bits per heavy atom. The van der Waals surface area contributed by atoms with Crippen LogP contribution in [0.25, 0.3) is 6.08 Å². The van der Waals surface area contributed by atoms with E-state index in [4.69, 9.17) is 10.00 Å². The summed E-state index contributed by atoms with van der Waals surface area (Å²) in [4.78, 5) is 11.6. The third kappa shape index (κ3) is 4.12. The number of hydrogen-bond acceptors (Lipinski definition) is 3. The highest BCUT2D eigenvalue weighted by atomic mass is 16.5. The predicted octanol–water partition coefficient (Wildman–Crippen LogP) is 2.85. The van der Waals surface area contributed by atoms with E-state index in [0.717, 1.165) is 11.1 Å². The summed E-state index contributed by atoms with van der Waals surface area (Å²) in [7, 11) is 0. The molecule has 0 unspecified atom stereocenters. The van der Waals surface area contributed by atoms with Gasteiger partial charge in [-0.3, -0.25) is 0 Å². The van der Waals surface area contributed by atoms with Gasteiger partial charge in [-0.15, -0.1) is 0 Å². The Labute approximate surface area is 101 Å². The lowest BCUT2D eigenvalue weighted by atomic mass is 10.1. The molecule has 1 aromatic rings. The fourth-order valence-electron chi connectivity index (χ4n) is 1.34. The molecule has 0 aliphatic rings. The van der Waals surface area contributed by atoms with Crippen LogP contribution in [0.4, 0.5) is 0 Å². The molecule has 1 rings (SSSR count). The number of ether oxygens (including phenoxy) is 1. The van der Waals surface area contributed by atoms with Crippen molar-refractivity contribution in [3.05, 3.63) is 41.0 Å². The largest absolute Gasteiger partial charge is 0.459 e. The van der Waals surface area contributed by atoms with Crippen molar-refractivity contribution in [1.29, 1.82) is 5.26 Å². The zero-order valence-corrected chi connectivity index (χ0v) is 10.2. The molecule has 0 aromatic heterocycles. The van der Waals surface area contributed by atoms with Crippen LogP contribution in [0.1, 0.15) is 25.0 Å². The first kappa shape index (κ1) is 13.0. The number of nitriles is 1. The highest BCUT2D eigenvalue weighted by molar-refractivity contribution is 5.97. The molecule has 88 valence electrons. The Hall–Kier alpha value is -2.08. The van der Waals surface area contributed by atoms with E-state index in [-0.39, 0.29) is 11.7 Å². The second kappa shape index (κ2) is 5.86. The van der Waals surface area contributed by atoms with Gasteiger partial charge in [0.2, 0.25) is 0 Å². The van der Waals surface area contributed by atoms with E-state index in [0.29, 0.717) is 0 Å². The molecule has 0 N–H and O–H groups in total. The molecule has 0 saturated carbocycles. The van der Waals surface area contributed by atoms with Gasteiger partial charge >= 0.3 is 5.97 Å². The molecule has 0 amide bonds. The summed E-state index contributed by atoms with van der Waals surface area (Å²) in [5.74, 6) is -0.580. The average molecular weight is 229 g/mol. The second-order valence-electron chi connectivity index (χ2n) is 4.04. The minimum absolute atomic E-state index is 0.0179. The van der Waals surface area contributed by atoms with Crippen molar-refractivity contribution in [2.45, 2.75) is 26.9 Å². The Kier molecular flexibility index (Phi) is 4.47. The summed E-state index contributed by atoms with van der Waals surface area (Å²) in [6.07, 6.45) is 1.31.